The van der Waals surface area contributed by atoms with Crippen molar-refractivity contribution in [3.63, 3.8) is 0 Å². The zero-order valence-corrected chi connectivity index (χ0v) is 12.3. The van der Waals surface area contributed by atoms with Gasteiger partial charge in [-0.1, -0.05) is 23.9 Å². The van der Waals surface area contributed by atoms with Crippen LogP contribution in [0.25, 0.3) is 11.1 Å². The molecule has 5 nitrogen and oxygen atoms in total. The number of hydrogen-bond acceptors (Lipinski definition) is 5. The Bertz CT molecular complexity index is 613. The quantitative estimate of drug-likeness (QED) is 0.845. The Hall–Kier alpha value is -1.53. The lowest BCUT2D eigenvalue weighted by Gasteiger charge is -2.33. The van der Waals surface area contributed by atoms with Gasteiger partial charge in [0.15, 0.2) is 5.58 Å². The minimum absolute atomic E-state index is 0.320. The van der Waals surface area contributed by atoms with Crippen LogP contribution in [-0.2, 0) is 4.79 Å². The number of hydrogen-bond donors (Lipinski definition) is 2. The molecular formula is C15H17NO4S. The molecule has 2 aromatic rings. The van der Waals surface area contributed by atoms with Crippen LogP contribution in [0, 0.1) is 5.92 Å². The molecule has 0 amide bonds. The molecule has 0 saturated heterocycles. The molecule has 112 valence electrons. The third-order valence-electron chi connectivity index (χ3n) is 4.00. The first kappa shape index (κ1) is 14.4. The van der Waals surface area contributed by atoms with Gasteiger partial charge >= 0.3 is 5.97 Å². The van der Waals surface area contributed by atoms with Crippen LogP contribution in [0.3, 0.4) is 0 Å². The lowest BCUT2D eigenvalue weighted by molar-refractivity contribution is -0.144. The van der Waals surface area contributed by atoms with E-state index in [-0.39, 0.29) is 5.92 Å². The Labute approximate surface area is 126 Å². The van der Waals surface area contributed by atoms with Gasteiger partial charge < -0.3 is 14.6 Å². The molecule has 1 aromatic carbocycles. The SMILES string of the molecule is O=C(O)C1CCC(O)(CSc2nc3ccccc3o2)CC1. The smallest absolute Gasteiger partial charge is 0.306 e. The van der Waals surface area contributed by atoms with Gasteiger partial charge in [0.25, 0.3) is 5.22 Å². The molecule has 6 heteroatoms. The molecule has 1 aliphatic rings. The molecule has 1 heterocycles. The number of para-hydroxylation sites is 2. The van der Waals surface area contributed by atoms with Crippen LogP contribution < -0.4 is 0 Å². The van der Waals surface area contributed by atoms with E-state index in [0.29, 0.717) is 36.7 Å². The predicted molar refractivity (Wildman–Crippen MR) is 79.3 cm³/mol. The van der Waals surface area contributed by atoms with Gasteiger partial charge in [0.2, 0.25) is 0 Å². The van der Waals surface area contributed by atoms with E-state index in [1.165, 1.54) is 11.8 Å². The number of carboxylic acids is 1. The Balaban J connectivity index is 1.60. The van der Waals surface area contributed by atoms with Gasteiger partial charge in [-0.25, -0.2) is 4.98 Å². The summed E-state index contributed by atoms with van der Waals surface area (Å²) in [6.45, 7) is 0. The summed E-state index contributed by atoms with van der Waals surface area (Å²) in [4.78, 5) is 15.3. The number of rotatable bonds is 4. The Morgan fingerprint density at radius 3 is 2.76 bits per heavy atom. The summed E-state index contributed by atoms with van der Waals surface area (Å²) in [6.07, 6.45) is 2.08. The lowest BCUT2D eigenvalue weighted by Crippen LogP contribution is -2.38. The van der Waals surface area contributed by atoms with E-state index in [1.807, 2.05) is 24.3 Å². The summed E-state index contributed by atoms with van der Waals surface area (Å²) in [5.74, 6) is -0.602. The van der Waals surface area contributed by atoms with Crippen molar-refractivity contribution in [2.45, 2.75) is 36.5 Å². The third kappa shape index (κ3) is 3.22. The van der Waals surface area contributed by atoms with Crippen molar-refractivity contribution >= 4 is 28.8 Å². The van der Waals surface area contributed by atoms with E-state index in [0.717, 1.165) is 11.1 Å². The number of oxazole rings is 1. The lowest BCUT2D eigenvalue weighted by atomic mass is 9.80. The van der Waals surface area contributed by atoms with Crippen LogP contribution >= 0.6 is 11.8 Å². The maximum atomic E-state index is 10.9. The zero-order chi connectivity index (χ0) is 14.9. The average molecular weight is 307 g/mol. The molecule has 1 saturated carbocycles. The minimum Gasteiger partial charge on any atom is -0.481 e. The van der Waals surface area contributed by atoms with Crippen molar-refractivity contribution in [2.75, 3.05) is 5.75 Å². The third-order valence-corrected chi connectivity index (χ3v) is 5.11. The van der Waals surface area contributed by atoms with Gasteiger partial charge in [0.05, 0.1) is 11.5 Å². The van der Waals surface area contributed by atoms with Crippen molar-refractivity contribution in [3.05, 3.63) is 24.3 Å². The van der Waals surface area contributed by atoms with Crippen LogP contribution in [0.4, 0.5) is 0 Å². The second kappa shape index (κ2) is 5.69. The van der Waals surface area contributed by atoms with Crippen molar-refractivity contribution in [1.29, 1.82) is 0 Å². The molecule has 0 aliphatic heterocycles. The highest BCUT2D eigenvalue weighted by Gasteiger charge is 2.36. The van der Waals surface area contributed by atoms with E-state index in [4.69, 9.17) is 9.52 Å². The van der Waals surface area contributed by atoms with Crippen molar-refractivity contribution in [2.24, 2.45) is 5.92 Å². The van der Waals surface area contributed by atoms with Crippen molar-refractivity contribution in [3.8, 4) is 0 Å². The van der Waals surface area contributed by atoms with Gasteiger partial charge in [0.1, 0.15) is 5.52 Å². The molecule has 21 heavy (non-hydrogen) atoms. The first-order chi connectivity index (χ1) is 10.1. The molecule has 0 bridgehead atoms. The fourth-order valence-corrected chi connectivity index (χ4v) is 3.65. The Kier molecular flexibility index (Phi) is 3.91. The number of aromatic nitrogens is 1. The highest BCUT2D eigenvalue weighted by molar-refractivity contribution is 7.99. The van der Waals surface area contributed by atoms with Crippen molar-refractivity contribution in [1.82, 2.24) is 4.98 Å². The fourth-order valence-electron chi connectivity index (χ4n) is 2.66. The van der Waals surface area contributed by atoms with Crippen LogP contribution in [0.1, 0.15) is 25.7 Å². The van der Waals surface area contributed by atoms with Crippen LogP contribution in [0.5, 0.6) is 0 Å². The predicted octanol–water partition coefficient (Wildman–Crippen LogP) is 2.93. The first-order valence-corrected chi connectivity index (χ1v) is 7.98. The summed E-state index contributed by atoms with van der Waals surface area (Å²) < 4.78 is 5.61. The maximum Gasteiger partial charge on any atom is 0.306 e. The number of benzene rings is 1. The summed E-state index contributed by atoms with van der Waals surface area (Å²) in [6, 6.07) is 7.54. The highest BCUT2D eigenvalue weighted by atomic mass is 32.2. The molecule has 3 rings (SSSR count). The van der Waals surface area contributed by atoms with E-state index >= 15 is 0 Å². The number of aliphatic carboxylic acids is 1. The first-order valence-electron chi connectivity index (χ1n) is 6.99. The van der Waals surface area contributed by atoms with E-state index < -0.39 is 11.6 Å². The monoisotopic (exact) mass is 307 g/mol. The van der Waals surface area contributed by atoms with Gasteiger partial charge in [-0.2, -0.15) is 0 Å². The summed E-state index contributed by atoms with van der Waals surface area (Å²) in [5, 5.41) is 20.1. The number of aliphatic hydroxyl groups is 1. The van der Waals surface area contributed by atoms with Gasteiger partial charge in [-0.15, -0.1) is 0 Å². The molecule has 0 atom stereocenters. The molecule has 0 spiro atoms. The van der Waals surface area contributed by atoms with Gasteiger partial charge in [-0.05, 0) is 37.8 Å². The number of carboxylic acid groups (broad SMARTS) is 1. The van der Waals surface area contributed by atoms with Crippen LogP contribution in [0.2, 0.25) is 0 Å². The number of fused-ring (bicyclic) bond motifs is 1. The van der Waals surface area contributed by atoms with Crippen LogP contribution in [0.15, 0.2) is 33.9 Å². The second-order valence-corrected chi connectivity index (χ2v) is 6.50. The zero-order valence-electron chi connectivity index (χ0n) is 11.5. The molecule has 1 aliphatic carbocycles. The number of nitrogens with zero attached hydrogens (tertiary/aromatic N) is 1. The van der Waals surface area contributed by atoms with Gasteiger partial charge in [0, 0.05) is 5.75 Å². The molecule has 0 unspecified atom stereocenters. The van der Waals surface area contributed by atoms with E-state index in [9.17, 15) is 9.90 Å². The summed E-state index contributed by atoms with van der Waals surface area (Å²) in [5.41, 5.74) is 0.722. The average Bonchev–Trinajstić information content (AvgIpc) is 2.89. The normalized spacial score (nSPS) is 26.0. The number of thioether (sulfide) groups is 1. The number of carbonyl (C=O) groups is 1. The summed E-state index contributed by atoms with van der Waals surface area (Å²) >= 11 is 1.39. The highest BCUT2D eigenvalue weighted by Crippen LogP contribution is 2.36. The maximum absolute atomic E-state index is 10.9. The molecule has 1 fully saturated rings. The Morgan fingerprint density at radius 1 is 1.38 bits per heavy atom. The fraction of sp³-hybridized carbons (Fsp3) is 0.467. The second-order valence-electron chi connectivity index (χ2n) is 5.57. The summed E-state index contributed by atoms with van der Waals surface area (Å²) in [7, 11) is 0. The van der Waals surface area contributed by atoms with E-state index in [1.54, 1.807) is 0 Å². The topological polar surface area (TPSA) is 83.6 Å². The largest absolute Gasteiger partial charge is 0.481 e. The van der Waals surface area contributed by atoms with E-state index in [2.05, 4.69) is 4.98 Å². The molecule has 1 aromatic heterocycles. The molecular weight excluding hydrogens is 290 g/mol. The van der Waals surface area contributed by atoms with Crippen molar-refractivity contribution < 1.29 is 19.4 Å². The van der Waals surface area contributed by atoms with Gasteiger partial charge in [-0.3, -0.25) is 4.79 Å². The van der Waals surface area contributed by atoms with Crippen LogP contribution in [-0.4, -0.2) is 32.5 Å². The molecule has 0 radical (unpaired) electrons. The Morgan fingerprint density at radius 2 is 2.10 bits per heavy atom. The standard InChI is InChI=1S/C15H17NO4S/c17-13(18)10-5-7-15(19,8-6-10)9-21-14-16-11-3-1-2-4-12(11)20-14/h1-4,10,19H,5-9H2,(H,17,18). The minimum atomic E-state index is -0.822. The molecule has 2 N–H and O–H groups in total.